The first-order valence-electron chi connectivity index (χ1n) is 16.4. The van der Waals surface area contributed by atoms with E-state index in [0.717, 1.165) is 20.9 Å². The molecule has 5 aromatic carbocycles. The van der Waals surface area contributed by atoms with Crippen molar-refractivity contribution in [3.8, 4) is 0 Å². The number of amides is 4. The second-order valence-corrected chi connectivity index (χ2v) is 10.6. The molecule has 0 spiro atoms. The summed E-state index contributed by atoms with van der Waals surface area (Å²) in [6, 6.07) is 46.3. The Morgan fingerprint density at radius 2 is 0.588 bits per heavy atom. The smallest absolute Gasteiger partial charge is 0.261 e. The van der Waals surface area contributed by atoms with Gasteiger partial charge in [-0.1, -0.05) is 135 Å². The Hall–Kier alpha value is -5.70. The highest BCUT2D eigenvalue weighted by atomic mass is 16.5. The minimum atomic E-state index is -0.307. The molecule has 0 saturated carbocycles. The van der Waals surface area contributed by atoms with E-state index in [4.69, 9.17) is 0 Å². The van der Waals surface area contributed by atoms with E-state index in [1.165, 1.54) is 14.1 Å². The lowest BCUT2D eigenvalue weighted by molar-refractivity contribution is 0.0678. The van der Waals surface area contributed by atoms with Gasteiger partial charge >= 0.3 is 0 Å². The van der Waals surface area contributed by atoms with Crippen LogP contribution in [0.15, 0.2) is 146 Å². The maximum atomic E-state index is 12.1. The van der Waals surface area contributed by atoms with Crippen molar-refractivity contribution in [3.05, 3.63) is 179 Å². The predicted octanol–water partition coefficient (Wildman–Crippen LogP) is 8.34. The molecule has 0 saturated heterocycles. The van der Waals surface area contributed by atoms with E-state index >= 15 is 0 Å². The Morgan fingerprint density at radius 3 is 0.804 bits per heavy atom. The van der Waals surface area contributed by atoms with Crippen LogP contribution in [-0.2, 0) is 15.9 Å². The molecule has 2 heterocycles. The van der Waals surface area contributed by atoms with Gasteiger partial charge in [0.2, 0.25) is 0 Å². The minimum Gasteiger partial charge on any atom is -0.388 e. The molecule has 268 valence electrons. The molecule has 51 heavy (non-hydrogen) atoms. The number of rotatable bonds is 2. The standard InChI is InChI=1S/C19H14N2O4.3C6H6.2C2H6O.C2H6/c1-20-16(22)12-5-3-10(8-14(12)18(20)24)7-11-4-6-13-15(9-11)19(25)21(2)17(13)23;3*1-2-4-6-5-3-1;2*1-3-2;1-2/h3-6,8-9H,7H2,1-2H3;3*1-6H;2*1-2H3;1-2H3. The van der Waals surface area contributed by atoms with E-state index in [9.17, 15) is 19.2 Å². The molecule has 4 amide bonds. The molecule has 8 nitrogen and oxygen atoms in total. The van der Waals surface area contributed by atoms with Crippen LogP contribution in [0.3, 0.4) is 0 Å². The van der Waals surface area contributed by atoms with E-state index < -0.39 is 0 Å². The molecular weight excluding hydrogens is 640 g/mol. The van der Waals surface area contributed by atoms with Gasteiger partial charge < -0.3 is 9.47 Å². The Balaban J connectivity index is 0.000000403. The number of benzene rings is 5. The van der Waals surface area contributed by atoms with Gasteiger partial charge in [-0.15, -0.1) is 0 Å². The zero-order chi connectivity index (χ0) is 38.0. The number of carbonyl (C=O) groups excluding carboxylic acids is 4. The van der Waals surface area contributed by atoms with E-state index in [-0.39, 0.29) is 23.6 Å². The van der Waals surface area contributed by atoms with Crippen molar-refractivity contribution in [2.75, 3.05) is 42.5 Å². The molecule has 0 aliphatic carbocycles. The Kier molecular flexibility index (Phi) is 21.5. The summed E-state index contributed by atoms with van der Waals surface area (Å²) in [6.45, 7) is 4.00. The van der Waals surface area contributed by atoms with Gasteiger partial charge in [-0.05, 0) is 41.8 Å². The van der Waals surface area contributed by atoms with Crippen molar-refractivity contribution < 1.29 is 28.7 Å². The summed E-state index contributed by atoms with van der Waals surface area (Å²) < 4.78 is 8.50. The van der Waals surface area contributed by atoms with Gasteiger partial charge in [-0.2, -0.15) is 0 Å². The SMILES string of the molecule is CC.CN1C(=O)c2ccc(Cc3ccc4c(c3)C(=O)N(C)C4=O)cc2C1=O.COC.COC.c1ccccc1.c1ccccc1.c1ccccc1. The highest BCUT2D eigenvalue weighted by Crippen LogP contribution is 2.26. The normalized spacial score (nSPS) is 11.5. The molecule has 0 bridgehead atoms. The Morgan fingerprint density at radius 1 is 0.392 bits per heavy atom. The fourth-order valence-electron chi connectivity index (χ4n) is 4.43. The molecule has 0 fully saturated rings. The molecule has 8 heteroatoms. The number of imide groups is 2. The summed E-state index contributed by atoms with van der Waals surface area (Å²) in [4.78, 5) is 50.3. The first-order chi connectivity index (χ1) is 24.7. The number of nitrogens with zero attached hydrogens (tertiary/aromatic N) is 2. The zero-order valence-electron chi connectivity index (χ0n) is 30.9. The van der Waals surface area contributed by atoms with Crippen molar-refractivity contribution in [1.82, 2.24) is 9.80 Å². The summed E-state index contributed by atoms with van der Waals surface area (Å²) in [5.74, 6) is -1.20. The van der Waals surface area contributed by atoms with Crippen LogP contribution < -0.4 is 0 Å². The molecule has 5 aromatic rings. The monoisotopic (exact) mass is 690 g/mol. The van der Waals surface area contributed by atoms with Gasteiger partial charge in [0, 0.05) is 42.5 Å². The number of fused-ring (bicyclic) bond motifs is 2. The van der Waals surface area contributed by atoms with Gasteiger partial charge in [0.15, 0.2) is 0 Å². The third-order valence-electron chi connectivity index (χ3n) is 6.72. The highest BCUT2D eigenvalue weighted by molar-refractivity contribution is 6.22. The maximum absolute atomic E-state index is 12.1. The third-order valence-corrected chi connectivity index (χ3v) is 6.72. The van der Waals surface area contributed by atoms with Crippen LogP contribution in [-0.4, -0.2) is 76.0 Å². The molecule has 0 radical (unpaired) electrons. The van der Waals surface area contributed by atoms with Gasteiger partial charge in [0.1, 0.15) is 0 Å². The summed E-state index contributed by atoms with van der Waals surface area (Å²) in [6.07, 6.45) is 0.497. The number of methoxy groups -OCH3 is 2. The number of carbonyl (C=O) groups is 4. The van der Waals surface area contributed by atoms with Crippen LogP contribution >= 0.6 is 0 Å². The van der Waals surface area contributed by atoms with Crippen LogP contribution in [0.1, 0.15) is 66.4 Å². The molecule has 7 rings (SSSR count). The van der Waals surface area contributed by atoms with Crippen molar-refractivity contribution in [3.63, 3.8) is 0 Å². The maximum Gasteiger partial charge on any atom is 0.261 e. The fraction of sp³-hybridized carbons (Fsp3) is 0.209. The quantitative estimate of drug-likeness (QED) is 0.173. The second-order valence-electron chi connectivity index (χ2n) is 10.6. The largest absolute Gasteiger partial charge is 0.388 e. The summed E-state index contributed by atoms with van der Waals surface area (Å²) in [7, 11) is 9.42. The Bertz CT molecular complexity index is 1490. The van der Waals surface area contributed by atoms with Gasteiger partial charge in [-0.25, -0.2) is 0 Å². The average molecular weight is 691 g/mol. The molecule has 2 aliphatic rings. The van der Waals surface area contributed by atoms with Crippen LogP contribution in [0.25, 0.3) is 0 Å². The highest BCUT2D eigenvalue weighted by Gasteiger charge is 2.34. The topological polar surface area (TPSA) is 93.2 Å². The lowest BCUT2D eigenvalue weighted by Crippen LogP contribution is -2.24. The Labute approximate surface area is 303 Å². The van der Waals surface area contributed by atoms with Crippen LogP contribution in [0.4, 0.5) is 0 Å². The summed E-state index contributed by atoms with van der Waals surface area (Å²) in [5, 5.41) is 0. The second kappa shape index (κ2) is 25.3. The zero-order valence-corrected chi connectivity index (χ0v) is 30.9. The van der Waals surface area contributed by atoms with Gasteiger partial charge in [0.05, 0.1) is 22.3 Å². The molecular formula is C43H50N2O6. The van der Waals surface area contributed by atoms with Crippen LogP contribution in [0.5, 0.6) is 0 Å². The number of ether oxygens (including phenoxy) is 2. The lowest BCUT2D eigenvalue weighted by atomic mass is 9.98. The summed E-state index contributed by atoms with van der Waals surface area (Å²) >= 11 is 0. The molecule has 0 unspecified atom stereocenters. The van der Waals surface area contributed by atoms with Crippen molar-refractivity contribution in [2.45, 2.75) is 20.3 Å². The minimum absolute atomic E-state index is 0.295. The first kappa shape index (κ1) is 43.3. The van der Waals surface area contributed by atoms with E-state index in [2.05, 4.69) is 9.47 Å². The lowest BCUT2D eigenvalue weighted by Gasteiger charge is -2.05. The van der Waals surface area contributed by atoms with E-state index in [1.54, 1.807) is 64.8 Å². The number of hydrogen-bond donors (Lipinski definition) is 0. The van der Waals surface area contributed by atoms with Crippen LogP contribution in [0, 0.1) is 0 Å². The molecule has 0 aromatic heterocycles. The van der Waals surface area contributed by atoms with Crippen molar-refractivity contribution in [1.29, 1.82) is 0 Å². The van der Waals surface area contributed by atoms with Gasteiger partial charge in [0.25, 0.3) is 23.6 Å². The van der Waals surface area contributed by atoms with E-state index in [0.29, 0.717) is 28.7 Å². The molecule has 0 N–H and O–H groups in total. The average Bonchev–Trinajstić information content (AvgIpc) is 3.54. The fourth-order valence-corrected chi connectivity index (χ4v) is 4.43. The third kappa shape index (κ3) is 14.4. The molecule has 2 aliphatic heterocycles. The molecule has 0 atom stereocenters. The van der Waals surface area contributed by atoms with Gasteiger partial charge in [-0.3, -0.25) is 29.0 Å². The van der Waals surface area contributed by atoms with Crippen molar-refractivity contribution in [2.24, 2.45) is 0 Å². The number of hydrogen-bond acceptors (Lipinski definition) is 6. The van der Waals surface area contributed by atoms with E-state index in [1.807, 2.05) is 123 Å². The first-order valence-corrected chi connectivity index (χ1v) is 16.4. The van der Waals surface area contributed by atoms with Crippen LogP contribution in [0.2, 0.25) is 0 Å². The predicted molar refractivity (Wildman–Crippen MR) is 205 cm³/mol. The van der Waals surface area contributed by atoms with Crippen molar-refractivity contribution >= 4 is 23.6 Å². The summed E-state index contributed by atoms with van der Waals surface area (Å²) in [5.41, 5.74) is 3.34.